The van der Waals surface area contributed by atoms with Gasteiger partial charge in [-0.15, -0.1) is 0 Å². The molecule has 0 atom stereocenters. The third-order valence-electron chi connectivity index (χ3n) is 4.59. The molecule has 0 unspecified atom stereocenters. The van der Waals surface area contributed by atoms with Crippen LogP contribution in [0.4, 0.5) is 0 Å². The van der Waals surface area contributed by atoms with Crippen molar-refractivity contribution in [2.75, 3.05) is 6.54 Å². The molecule has 21 heavy (non-hydrogen) atoms. The van der Waals surface area contributed by atoms with Crippen molar-refractivity contribution in [1.82, 2.24) is 10.3 Å². The summed E-state index contributed by atoms with van der Waals surface area (Å²) in [4.78, 5) is 4.06. The van der Waals surface area contributed by atoms with Crippen LogP contribution in [0.1, 0.15) is 42.7 Å². The maximum Gasteiger partial charge on any atom is 0.0270 e. The highest BCUT2D eigenvalue weighted by Crippen LogP contribution is 2.32. The summed E-state index contributed by atoms with van der Waals surface area (Å²) in [7, 11) is 0. The average molecular weight is 280 g/mol. The van der Waals surface area contributed by atoms with Crippen LogP contribution >= 0.6 is 0 Å². The molecule has 0 aliphatic heterocycles. The van der Waals surface area contributed by atoms with Crippen LogP contribution in [0.15, 0.2) is 54.9 Å². The minimum atomic E-state index is 0.701. The summed E-state index contributed by atoms with van der Waals surface area (Å²) >= 11 is 0. The van der Waals surface area contributed by atoms with Gasteiger partial charge in [0.1, 0.15) is 0 Å². The van der Waals surface area contributed by atoms with Gasteiger partial charge in [0, 0.05) is 18.4 Å². The number of rotatable bonds is 5. The van der Waals surface area contributed by atoms with Gasteiger partial charge >= 0.3 is 0 Å². The van der Waals surface area contributed by atoms with Gasteiger partial charge in [0.05, 0.1) is 0 Å². The zero-order valence-electron chi connectivity index (χ0n) is 12.5. The van der Waals surface area contributed by atoms with E-state index in [1.165, 1.54) is 36.8 Å². The van der Waals surface area contributed by atoms with Gasteiger partial charge in [0.25, 0.3) is 0 Å². The molecule has 0 radical (unpaired) electrons. The number of hydrogen-bond acceptors (Lipinski definition) is 2. The molecule has 2 heteroatoms. The van der Waals surface area contributed by atoms with Crippen LogP contribution < -0.4 is 5.32 Å². The van der Waals surface area contributed by atoms with Crippen LogP contribution in [0.3, 0.4) is 0 Å². The van der Waals surface area contributed by atoms with Crippen LogP contribution in [0.25, 0.3) is 0 Å². The normalized spacial score (nSPS) is 22.1. The molecule has 3 rings (SSSR count). The van der Waals surface area contributed by atoms with E-state index in [0.717, 1.165) is 18.9 Å². The van der Waals surface area contributed by atoms with Crippen LogP contribution in [0, 0.1) is 0 Å². The van der Waals surface area contributed by atoms with Gasteiger partial charge < -0.3 is 5.32 Å². The van der Waals surface area contributed by atoms with Gasteiger partial charge in [-0.2, -0.15) is 0 Å². The summed E-state index contributed by atoms with van der Waals surface area (Å²) in [6, 6.07) is 15.9. The van der Waals surface area contributed by atoms with E-state index in [1.54, 1.807) is 0 Å². The van der Waals surface area contributed by atoms with E-state index < -0.39 is 0 Å². The Bertz CT molecular complexity index is 513. The highest BCUT2D eigenvalue weighted by atomic mass is 14.9. The highest BCUT2D eigenvalue weighted by molar-refractivity contribution is 5.20. The second kappa shape index (κ2) is 7.37. The first kappa shape index (κ1) is 14.3. The summed E-state index contributed by atoms with van der Waals surface area (Å²) < 4.78 is 0. The zero-order valence-corrected chi connectivity index (χ0v) is 12.5. The Kier molecular flexibility index (Phi) is 5.01. The minimum absolute atomic E-state index is 0.701. The fraction of sp³-hybridized carbons (Fsp3) is 0.421. The van der Waals surface area contributed by atoms with E-state index >= 15 is 0 Å². The summed E-state index contributed by atoms with van der Waals surface area (Å²) in [5.41, 5.74) is 2.89. The Hall–Kier alpha value is -1.67. The smallest absolute Gasteiger partial charge is 0.0270 e. The fourth-order valence-electron chi connectivity index (χ4n) is 3.33. The largest absolute Gasteiger partial charge is 0.314 e. The van der Waals surface area contributed by atoms with E-state index in [1.807, 2.05) is 12.4 Å². The van der Waals surface area contributed by atoms with Gasteiger partial charge in [0.2, 0.25) is 0 Å². The van der Waals surface area contributed by atoms with Gasteiger partial charge in [-0.1, -0.05) is 30.3 Å². The molecule has 0 bridgehead atoms. The van der Waals surface area contributed by atoms with Crippen molar-refractivity contribution in [3.63, 3.8) is 0 Å². The number of pyridine rings is 1. The van der Waals surface area contributed by atoms with Crippen molar-refractivity contribution in [1.29, 1.82) is 0 Å². The number of benzene rings is 1. The molecule has 2 aromatic rings. The molecular formula is C19H24N2. The molecule has 1 saturated carbocycles. The van der Waals surface area contributed by atoms with E-state index in [-0.39, 0.29) is 0 Å². The predicted molar refractivity (Wildman–Crippen MR) is 87.4 cm³/mol. The second-order valence-corrected chi connectivity index (χ2v) is 6.02. The maximum atomic E-state index is 4.06. The third kappa shape index (κ3) is 4.15. The minimum Gasteiger partial charge on any atom is -0.314 e. The lowest BCUT2D eigenvalue weighted by molar-refractivity contribution is 0.344. The van der Waals surface area contributed by atoms with Crippen LogP contribution in [0.2, 0.25) is 0 Å². The Balaban J connectivity index is 1.40. The zero-order chi connectivity index (χ0) is 14.3. The SMILES string of the molecule is c1ccc(C2CCC(NCCc3ccncc3)CC2)cc1. The molecule has 0 spiro atoms. The monoisotopic (exact) mass is 280 g/mol. The van der Waals surface area contributed by atoms with Gasteiger partial charge in [-0.3, -0.25) is 4.98 Å². The van der Waals surface area contributed by atoms with Crippen molar-refractivity contribution >= 4 is 0 Å². The summed E-state index contributed by atoms with van der Waals surface area (Å²) in [6.45, 7) is 1.07. The standard InChI is InChI=1S/C19H24N2/c1-2-4-17(5-3-1)18-6-8-19(9-7-18)21-15-12-16-10-13-20-14-11-16/h1-5,10-11,13-14,18-19,21H,6-9,12,15H2. The van der Waals surface area contributed by atoms with Crippen molar-refractivity contribution in [3.05, 3.63) is 66.0 Å². The van der Waals surface area contributed by atoms with Gasteiger partial charge in [0.15, 0.2) is 0 Å². The number of aromatic nitrogens is 1. The van der Waals surface area contributed by atoms with Gasteiger partial charge in [-0.05, 0) is 67.8 Å². The molecule has 1 aliphatic rings. The number of nitrogens with zero attached hydrogens (tertiary/aromatic N) is 1. The Morgan fingerprint density at radius 2 is 1.62 bits per heavy atom. The van der Waals surface area contributed by atoms with Crippen molar-refractivity contribution in [3.8, 4) is 0 Å². The first-order chi connectivity index (χ1) is 10.4. The molecule has 1 aromatic carbocycles. The fourth-order valence-corrected chi connectivity index (χ4v) is 3.33. The molecule has 1 aliphatic carbocycles. The van der Waals surface area contributed by atoms with Crippen molar-refractivity contribution in [2.45, 2.75) is 44.1 Å². The molecular weight excluding hydrogens is 256 g/mol. The second-order valence-electron chi connectivity index (χ2n) is 6.02. The average Bonchev–Trinajstić information content (AvgIpc) is 2.57. The molecule has 110 valence electrons. The van der Waals surface area contributed by atoms with Crippen LogP contribution in [-0.2, 0) is 6.42 Å². The maximum absolute atomic E-state index is 4.06. The Labute approximate surface area is 127 Å². The topological polar surface area (TPSA) is 24.9 Å². The lowest BCUT2D eigenvalue weighted by Gasteiger charge is -2.29. The summed E-state index contributed by atoms with van der Waals surface area (Å²) in [5.74, 6) is 0.768. The van der Waals surface area contributed by atoms with Crippen molar-refractivity contribution < 1.29 is 0 Å². The molecule has 2 nitrogen and oxygen atoms in total. The third-order valence-corrected chi connectivity index (χ3v) is 4.59. The highest BCUT2D eigenvalue weighted by Gasteiger charge is 2.21. The molecule has 1 heterocycles. The van der Waals surface area contributed by atoms with E-state index in [9.17, 15) is 0 Å². The molecule has 1 aromatic heterocycles. The van der Waals surface area contributed by atoms with E-state index in [4.69, 9.17) is 0 Å². The Morgan fingerprint density at radius 3 is 2.33 bits per heavy atom. The molecule has 0 saturated heterocycles. The number of nitrogens with one attached hydrogen (secondary N) is 1. The van der Waals surface area contributed by atoms with E-state index in [2.05, 4.69) is 52.8 Å². The number of hydrogen-bond donors (Lipinski definition) is 1. The van der Waals surface area contributed by atoms with Crippen LogP contribution in [-0.4, -0.2) is 17.6 Å². The lowest BCUT2D eigenvalue weighted by Crippen LogP contribution is -2.34. The molecule has 1 N–H and O–H groups in total. The quantitative estimate of drug-likeness (QED) is 0.897. The first-order valence-corrected chi connectivity index (χ1v) is 8.09. The summed E-state index contributed by atoms with van der Waals surface area (Å²) in [5, 5.41) is 3.72. The predicted octanol–water partition coefficient (Wildman–Crippen LogP) is 3.94. The first-order valence-electron chi connectivity index (χ1n) is 8.09. The van der Waals surface area contributed by atoms with Crippen LogP contribution in [0.5, 0.6) is 0 Å². The molecule has 1 fully saturated rings. The molecule has 0 amide bonds. The van der Waals surface area contributed by atoms with Gasteiger partial charge in [-0.25, -0.2) is 0 Å². The Morgan fingerprint density at radius 1 is 0.905 bits per heavy atom. The lowest BCUT2D eigenvalue weighted by atomic mass is 9.82. The van der Waals surface area contributed by atoms with E-state index in [0.29, 0.717) is 6.04 Å². The summed E-state index contributed by atoms with van der Waals surface area (Å²) in [6.07, 6.45) is 10.1. The van der Waals surface area contributed by atoms with Crippen molar-refractivity contribution in [2.24, 2.45) is 0 Å².